The highest BCUT2D eigenvalue weighted by Crippen LogP contribution is 2.36. The molecule has 1 aliphatic rings. The molecule has 1 aromatic carbocycles. The molecule has 1 aromatic heterocycles. The number of furan rings is 1. The number of rotatable bonds is 2. The molecule has 0 aliphatic carbocycles. The van der Waals surface area contributed by atoms with Gasteiger partial charge in [-0.1, -0.05) is 24.3 Å². The average Bonchev–Trinajstić information content (AvgIpc) is 2.92. The maximum atomic E-state index is 12.4. The summed E-state index contributed by atoms with van der Waals surface area (Å²) < 4.78 is 5.01. The Bertz CT molecular complexity index is 609. The van der Waals surface area contributed by atoms with Gasteiger partial charge in [0.1, 0.15) is 6.26 Å². The lowest BCUT2D eigenvalue weighted by Gasteiger charge is -2.20. The number of amides is 1. The zero-order valence-corrected chi connectivity index (χ0v) is 12.9. The fraction of sp³-hybridized carbons (Fsp3) is 0.353. The van der Waals surface area contributed by atoms with Crippen molar-refractivity contribution in [2.45, 2.75) is 18.6 Å². The number of carbonyl (C=O) groups excluding carboxylic acids is 1. The van der Waals surface area contributed by atoms with Gasteiger partial charge in [0.2, 0.25) is 0 Å². The van der Waals surface area contributed by atoms with Gasteiger partial charge in [0.15, 0.2) is 0 Å². The van der Waals surface area contributed by atoms with E-state index in [-0.39, 0.29) is 5.91 Å². The van der Waals surface area contributed by atoms with Gasteiger partial charge in [-0.3, -0.25) is 4.79 Å². The van der Waals surface area contributed by atoms with Gasteiger partial charge in [0.25, 0.3) is 5.91 Å². The molecule has 0 radical (unpaired) electrons. The second kappa shape index (κ2) is 6.39. The zero-order chi connectivity index (χ0) is 14.7. The van der Waals surface area contributed by atoms with E-state index in [2.05, 4.69) is 31.2 Å². The van der Waals surface area contributed by atoms with Gasteiger partial charge in [-0.05, 0) is 30.5 Å². The van der Waals surface area contributed by atoms with Crippen molar-refractivity contribution in [1.29, 1.82) is 0 Å². The van der Waals surface area contributed by atoms with Gasteiger partial charge < -0.3 is 9.32 Å². The highest BCUT2D eigenvalue weighted by Gasteiger charge is 2.23. The summed E-state index contributed by atoms with van der Waals surface area (Å²) in [6.45, 7) is 3.77. The van der Waals surface area contributed by atoms with Gasteiger partial charge in [0, 0.05) is 24.1 Å². The summed E-state index contributed by atoms with van der Waals surface area (Å²) >= 11 is 1.95. The minimum absolute atomic E-state index is 0.0785. The molecule has 1 atom stereocenters. The van der Waals surface area contributed by atoms with Crippen LogP contribution in [-0.4, -0.2) is 29.6 Å². The van der Waals surface area contributed by atoms with E-state index in [1.807, 2.05) is 16.7 Å². The Morgan fingerprint density at radius 1 is 1.29 bits per heavy atom. The van der Waals surface area contributed by atoms with Crippen LogP contribution in [-0.2, 0) is 0 Å². The van der Waals surface area contributed by atoms with E-state index in [1.54, 1.807) is 12.3 Å². The largest absolute Gasteiger partial charge is 0.472 e. The molecule has 0 saturated carbocycles. The summed E-state index contributed by atoms with van der Waals surface area (Å²) in [4.78, 5) is 14.3. The molecule has 1 amide bonds. The molecule has 3 nitrogen and oxygen atoms in total. The SMILES string of the molecule is Cc1ccccc1C1CCN(C(=O)c2ccoc2)CCS1. The molecule has 2 heterocycles. The van der Waals surface area contributed by atoms with Crippen LogP contribution >= 0.6 is 11.8 Å². The number of nitrogens with zero attached hydrogens (tertiary/aromatic N) is 1. The summed E-state index contributed by atoms with van der Waals surface area (Å²) in [6.07, 6.45) is 4.08. The Labute approximate surface area is 129 Å². The first kappa shape index (κ1) is 14.3. The molecule has 1 aliphatic heterocycles. The van der Waals surface area contributed by atoms with Crippen molar-refractivity contribution < 1.29 is 9.21 Å². The van der Waals surface area contributed by atoms with Crippen LogP contribution in [0.4, 0.5) is 0 Å². The average molecular weight is 301 g/mol. The first-order valence-electron chi connectivity index (χ1n) is 7.24. The third-order valence-corrected chi connectivity index (χ3v) is 5.24. The van der Waals surface area contributed by atoms with E-state index in [4.69, 9.17) is 4.42 Å². The van der Waals surface area contributed by atoms with E-state index in [9.17, 15) is 4.79 Å². The van der Waals surface area contributed by atoms with Crippen molar-refractivity contribution in [3.05, 3.63) is 59.5 Å². The first-order valence-corrected chi connectivity index (χ1v) is 8.29. The molecule has 21 heavy (non-hydrogen) atoms. The van der Waals surface area contributed by atoms with E-state index in [0.29, 0.717) is 10.8 Å². The predicted octanol–water partition coefficient (Wildman–Crippen LogP) is 3.91. The number of benzene rings is 1. The van der Waals surface area contributed by atoms with Crippen LogP contribution in [0.15, 0.2) is 47.3 Å². The Hall–Kier alpha value is -1.68. The van der Waals surface area contributed by atoms with Crippen molar-refractivity contribution in [1.82, 2.24) is 4.90 Å². The summed E-state index contributed by atoms with van der Waals surface area (Å²) in [7, 11) is 0. The molecule has 0 N–H and O–H groups in total. The monoisotopic (exact) mass is 301 g/mol. The molecule has 1 saturated heterocycles. The molecule has 1 fully saturated rings. The van der Waals surface area contributed by atoms with Crippen molar-refractivity contribution in [3.8, 4) is 0 Å². The standard InChI is InChI=1S/C17H19NO2S/c1-13-4-2-3-5-15(13)16-6-8-18(9-11-21-16)17(19)14-7-10-20-12-14/h2-5,7,10,12,16H,6,8-9,11H2,1H3. The van der Waals surface area contributed by atoms with Crippen LogP contribution < -0.4 is 0 Å². The fourth-order valence-corrected chi connectivity index (χ4v) is 4.06. The lowest BCUT2D eigenvalue weighted by molar-refractivity contribution is 0.0766. The van der Waals surface area contributed by atoms with Gasteiger partial charge in [0.05, 0.1) is 11.8 Å². The highest BCUT2D eigenvalue weighted by atomic mass is 32.2. The lowest BCUT2D eigenvalue weighted by Crippen LogP contribution is -2.32. The number of hydrogen-bond donors (Lipinski definition) is 0. The molecule has 1 unspecified atom stereocenters. The van der Waals surface area contributed by atoms with E-state index >= 15 is 0 Å². The molecule has 3 rings (SSSR count). The Morgan fingerprint density at radius 2 is 2.14 bits per heavy atom. The second-order valence-corrected chi connectivity index (χ2v) is 6.62. The quantitative estimate of drug-likeness (QED) is 0.843. The van der Waals surface area contributed by atoms with E-state index in [0.717, 1.165) is 25.3 Å². The van der Waals surface area contributed by atoms with Crippen LogP contribution in [0, 0.1) is 6.92 Å². The van der Waals surface area contributed by atoms with E-state index in [1.165, 1.54) is 17.4 Å². The normalized spacial score (nSPS) is 19.3. The highest BCUT2D eigenvalue weighted by molar-refractivity contribution is 7.99. The number of thioether (sulfide) groups is 1. The molecular formula is C17H19NO2S. The van der Waals surface area contributed by atoms with Crippen LogP contribution in [0.3, 0.4) is 0 Å². The Morgan fingerprint density at radius 3 is 2.90 bits per heavy atom. The minimum atomic E-state index is 0.0785. The molecule has 110 valence electrons. The third-order valence-electron chi connectivity index (χ3n) is 3.93. The van der Waals surface area contributed by atoms with Crippen LogP contribution in [0.25, 0.3) is 0 Å². The van der Waals surface area contributed by atoms with Crippen LogP contribution in [0.2, 0.25) is 0 Å². The van der Waals surface area contributed by atoms with Crippen molar-refractivity contribution in [2.75, 3.05) is 18.8 Å². The first-order chi connectivity index (χ1) is 10.3. The Kier molecular flexibility index (Phi) is 4.34. The van der Waals surface area contributed by atoms with E-state index < -0.39 is 0 Å². The number of aryl methyl sites for hydroxylation is 1. The summed E-state index contributed by atoms with van der Waals surface area (Å²) in [5.74, 6) is 1.05. The van der Waals surface area contributed by atoms with Crippen molar-refractivity contribution >= 4 is 17.7 Å². The predicted molar refractivity (Wildman–Crippen MR) is 85.6 cm³/mol. The molecular weight excluding hydrogens is 282 g/mol. The molecule has 4 heteroatoms. The second-order valence-electron chi connectivity index (χ2n) is 5.31. The lowest BCUT2D eigenvalue weighted by atomic mass is 10.0. The zero-order valence-electron chi connectivity index (χ0n) is 12.1. The number of hydrogen-bond acceptors (Lipinski definition) is 3. The maximum Gasteiger partial charge on any atom is 0.257 e. The number of carbonyl (C=O) groups is 1. The molecule has 0 spiro atoms. The van der Waals surface area contributed by atoms with Gasteiger partial charge >= 0.3 is 0 Å². The fourth-order valence-electron chi connectivity index (χ4n) is 2.74. The van der Waals surface area contributed by atoms with Gasteiger partial charge in [-0.15, -0.1) is 0 Å². The minimum Gasteiger partial charge on any atom is -0.472 e. The van der Waals surface area contributed by atoms with Crippen LogP contribution in [0.5, 0.6) is 0 Å². The van der Waals surface area contributed by atoms with Crippen molar-refractivity contribution in [3.63, 3.8) is 0 Å². The van der Waals surface area contributed by atoms with Gasteiger partial charge in [-0.25, -0.2) is 0 Å². The maximum absolute atomic E-state index is 12.4. The van der Waals surface area contributed by atoms with Crippen molar-refractivity contribution in [2.24, 2.45) is 0 Å². The summed E-state index contributed by atoms with van der Waals surface area (Å²) in [5, 5.41) is 0.480. The Balaban J connectivity index is 1.70. The topological polar surface area (TPSA) is 33.5 Å². The van der Waals surface area contributed by atoms with Gasteiger partial charge in [-0.2, -0.15) is 11.8 Å². The molecule has 0 bridgehead atoms. The van der Waals surface area contributed by atoms with Crippen LogP contribution in [0.1, 0.15) is 33.2 Å². The smallest absolute Gasteiger partial charge is 0.257 e. The summed E-state index contributed by atoms with van der Waals surface area (Å²) in [6, 6.07) is 10.3. The summed E-state index contributed by atoms with van der Waals surface area (Å²) in [5.41, 5.74) is 3.39. The third kappa shape index (κ3) is 3.16. The molecule has 2 aromatic rings.